The first-order valence-electron chi connectivity index (χ1n) is 3.69. The fourth-order valence-electron chi connectivity index (χ4n) is 0.656. The highest BCUT2D eigenvalue weighted by Crippen LogP contribution is 2.35. The summed E-state index contributed by atoms with van der Waals surface area (Å²) < 4.78 is 14.1. The summed E-state index contributed by atoms with van der Waals surface area (Å²) in [6.07, 6.45) is -4.66. The van der Waals surface area contributed by atoms with Gasteiger partial charge in [-0.25, -0.2) is 4.57 Å². The predicted octanol–water partition coefficient (Wildman–Crippen LogP) is -2.36. The lowest BCUT2D eigenvalue weighted by molar-refractivity contribution is -0.0537. The molecule has 0 aliphatic carbocycles. The number of hydrogen-bond acceptors (Lipinski definition) is 7. The van der Waals surface area contributed by atoms with E-state index in [1.54, 1.807) is 0 Å². The van der Waals surface area contributed by atoms with E-state index in [0.717, 1.165) is 0 Å². The van der Waals surface area contributed by atoms with Crippen LogP contribution in [0.25, 0.3) is 0 Å². The van der Waals surface area contributed by atoms with Gasteiger partial charge < -0.3 is 30.3 Å². The number of aliphatic hydroxyl groups excluding tert-OH is 3. The second-order valence-electron chi connectivity index (χ2n) is 2.60. The van der Waals surface area contributed by atoms with Crippen molar-refractivity contribution in [3.8, 4) is 0 Å². The van der Waals surface area contributed by atoms with Gasteiger partial charge in [0.2, 0.25) is 0 Å². The van der Waals surface area contributed by atoms with Crippen LogP contribution in [0.15, 0.2) is 5.16 Å². The van der Waals surface area contributed by atoms with Crippen molar-refractivity contribution >= 4 is 14.0 Å². The quantitative estimate of drug-likeness (QED) is 0.131. The molecule has 0 amide bonds. The molecule has 0 aromatic carbocycles. The molecule has 15 heavy (non-hydrogen) atoms. The topological polar surface area (TPSA) is 160 Å². The van der Waals surface area contributed by atoms with E-state index in [9.17, 15) is 4.57 Å². The van der Waals surface area contributed by atoms with Gasteiger partial charge in [-0.3, -0.25) is 4.52 Å². The highest BCUT2D eigenvalue weighted by molar-refractivity contribution is 7.46. The molecule has 0 rings (SSSR count). The Morgan fingerprint density at radius 3 is 2.27 bits per heavy atom. The molecular weight excluding hydrogens is 233 g/mol. The highest BCUT2D eigenvalue weighted by Gasteiger charge is 2.26. The minimum Gasteiger partial charge on any atom is -0.411 e. The smallest absolute Gasteiger partial charge is 0.411 e. The highest BCUT2D eigenvalue weighted by atomic mass is 31.2. The second kappa shape index (κ2) is 6.13. The summed E-state index contributed by atoms with van der Waals surface area (Å²) in [5.74, 6) is 0. The predicted molar refractivity (Wildman–Crippen MR) is 46.3 cm³/mol. The SMILES string of the molecule is O=P(O)(O)OCC(O)C(O)C(O)/C=N/O. The molecule has 0 saturated heterocycles. The van der Waals surface area contributed by atoms with E-state index in [1.807, 2.05) is 0 Å². The van der Waals surface area contributed by atoms with Crippen LogP contribution in [0, 0.1) is 0 Å². The lowest BCUT2D eigenvalue weighted by atomic mass is 10.1. The number of aliphatic hydroxyl groups is 3. The third kappa shape index (κ3) is 6.52. The second-order valence-corrected chi connectivity index (χ2v) is 3.84. The van der Waals surface area contributed by atoms with Gasteiger partial charge in [0, 0.05) is 0 Å². The molecule has 0 spiro atoms. The Kier molecular flexibility index (Phi) is 5.91. The summed E-state index contributed by atoms with van der Waals surface area (Å²) >= 11 is 0. The Hall–Kier alpha value is -0.540. The van der Waals surface area contributed by atoms with Gasteiger partial charge >= 0.3 is 7.82 Å². The molecule has 90 valence electrons. The first kappa shape index (κ1) is 14.5. The molecule has 3 atom stereocenters. The van der Waals surface area contributed by atoms with E-state index in [-0.39, 0.29) is 0 Å². The molecule has 0 aliphatic heterocycles. The number of hydrogen-bond donors (Lipinski definition) is 6. The van der Waals surface area contributed by atoms with Crippen LogP contribution in [0.5, 0.6) is 0 Å². The van der Waals surface area contributed by atoms with Crippen LogP contribution in [0.1, 0.15) is 0 Å². The molecule has 3 unspecified atom stereocenters. The van der Waals surface area contributed by atoms with E-state index in [1.165, 1.54) is 0 Å². The van der Waals surface area contributed by atoms with E-state index < -0.39 is 32.7 Å². The summed E-state index contributed by atoms with van der Waals surface area (Å²) in [6.45, 7) is -0.873. The molecule has 9 nitrogen and oxygen atoms in total. The molecule has 0 bridgehead atoms. The van der Waals surface area contributed by atoms with Gasteiger partial charge in [-0.1, -0.05) is 5.16 Å². The van der Waals surface area contributed by atoms with Crippen molar-refractivity contribution in [2.24, 2.45) is 5.16 Å². The van der Waals surface area contributed by atoms with Crippen molar-refractivity contribution in [3.63, 3.8) is 0 Å². The van der Waals surface area contributed by atoms with E-state index >= 15 is 0 Å². The van der Waals surface area contributed by atoms with Gasteiger partial charge in [-0.05, 0) is 0 Å². The first-order valence-corrected chi connectivity index (χ1v) is 5.23. The number of nitrogens with zero attached hydrogens (tertiary/aromatic N) is 1. The minimum atomic E-state index is -4.74. The summed E-state index contributed by atoms with van der Waals surface area (Å²) in [5, 5.41) is 37.5. The van der Waals surface area contributed by atoms with Crippen LogP contribution in [0.3, 0.4) is 0 Å². The minimum absolute atomic E-state index is 0.533. The van der Waals surface area contributed by atoms with E-state index in [4.69, 9.17) is 30.3 Å². The molecule has 0 aromatic rings. The zero-order valence-electron chi connectivity index (χ0n) is 7.41. The van der Waals surface area contributed by atoms with Crippen molar-refractivity contribution in [2.45, 2.75) is 18.3 Å². The summed E-state index contributed by atoms with van der Waals surface area (Å²) in [6, 6.07) is 0. The Morgan fingerprint density at radius 1 is 1.33 bits per heavy atom. The van der Waals surface area contributed by atoms with Gasteiger partial charge in [-0.2, -0.15) is 0 Å². The van der Waals surface area contributed by atoms with Gasteiger partial charge in [0.05, 0.1) is 12.8 Å². The van der Waals surface area contributed by atoms with Crippen LogP contribution in [-0.2, 0) is 9.09 Å². The van der Waals surface area contributed by atoms with Crippen molar-refractivity contribution in [1.82, 2.24) is 0 Å². The summed E-state index contributed by atoms with van der Waals surface area (Å²) in [7, 11) is -4.74. The van der Waals surface area contributed by atoms with Crippen molar-refractivity contribution in [3.05, 3.63) is 0 Å². The van der Waals surface area contributed by atoms with Crippen molar-refractivity contribution < 1.29 is 39.4 Å². The van der Waals surface area contributed by atoms with Crippen molar-refractivity contribution in [2.75, 3.05) is 6.61 Å². The molecule has 0 heterocycles. The first-order chi connectivity index (χ1) is 6.78. The molecule has 0 aliphatic rings. The average molecular weight is 245 g/mol. The van der Waals surface area contributed by atoms with Crippen LogP contribution in [-0.4, -0.2) is 61.4 Å². The maximum absolute atomic E-state index is 10.2. The summed E-state index contributed by atoms with van der Waals surface area (Å²) in [4.78, 5) is 16.5. The summed E-state index contributed by atoms with van der Waals surface area (Å²) in [5.41, 5.74) is 0. The monoisotopic (exact) mass is 245 g/mol. The van der Waals surface area contributed by atoms with Gasteiger partial charge in [0.25, 0.3) is 0 Å². The molecule has 6 N–H and O–H groups in total. The number of phosphoric ester groups is 1. The number of phosphoric acid groups is 1. The molecule has 0 aromatic heterocycles. The largest absolute Gasteiger partial charge is 0.469 e. The van der Waals surface area contributed by atoms with Crippen LogP contribution in [0.2, 0.25) is 0 Å². The Labute approximate surface area is 84.5 Å². The fourth-order valence-corrected chi connectivity index (χ4v) is 1.00. The Morgan fingerprint density at radius 2 is 1.87 bits per heavy atom. The Bertz CT molecular complexity index is 251. The fraction of sp³-hybridized carbons (Fsp3) is 0.800. The van der Waals surface area contributed by atoms with Crippen LogP contribution in [0.4, 0.5) is 0 Å². The number of oxime groups is 1. The standard InChI is InChI=1S/C5H12NO8P/c7-3(1-6-10)5(9)4(8)2-14-15(11,12)13/h1,3-5,7-10H,2H2,(H2,11,12,13)/b6-1+. The normalized spacial score (nSPS) is 19.0. The molecule has 0 fully saturated rings. The van der Waals surface area contributed by atoms with Crippen LogP contribution < -0.4 is 0 Å². The molecule has 0 saturated carbocycles. The maximum Gasteiger partial charge on any atom is 0.469 e. The van der Waals surface area contributed by atoms with Gasteiger partial charge in [0.1, 0.15) is 18.3 Å². The molecule has 0 radical (unpaired) electrons. The lowest BCUT2D eigenvalue weighted by Gasteiger charge is -2.19. The zero-order valence-corrected chi connectivity index (χ0v) is 8.31. The maximum atomic E-state index is 10.2. The average Bonchev–Trinajstić information content (AvgIpc) is 2.12. The van der Waals surface area contributed by atoms with E-state index in [2.05, 4.69) is 9.68 Å². The lowest BCUT2D eigenvalue weighted by Crippen LogP contribution is -2.40. The van der Waals surface area contributed by atoms with Crippen LogP contribution >= 0.6 is 7.82 Å². The zero-order chi connectivity index (χ0) is 12.1. The number of rotatable bonds is 6. The molecule has 10 heteroatoms. The van der Waals surface area contributed by atoms with Crippen molar-refractivity contribution in [1.29, 1.82) is 0 Å². The third-order valence-corrected chi connectivity index (χ3v) is 1.86. The van der Waals surface area contributed by atoms with Gasteiger partial charge in [0.15, 0.2) is 0 Å². The molecular formula is C5H12NO8P. The van der Waals surface area contributed by atoms with Gasteiger partial charge in [-0.15, -0.1) is 0 Å². The Balaban J connectivity index is 4.09. The van der Waals surface area contributed by atoms with E-state index in [0.29, 0.717) is 6.21 Å². The third-order valence-electron chi connectivity index (χ3n) is 1.38.